The highest BCUT2D eigenvalue weighted by atomic mass is 35.5. The molecule has 4 heteroatoms. The smallest absolute Gasteiger partial charge is 0.244 e. The molecule has 4 rings (SSSR count). The third kappa shape index (κ3) is 2.09. The van der Waals surface area contributed by atoms with Crippen molar-refractivity contribution in [2.75, 3.05) is 0 Å². The molecule has 1 saturated heterocycles. The Morgan fingerprint density at radius 1 is 1.24 bits per heavy atom. The van der Waals surface area contributed by atoms with E-state index in [-0.39, 0.29) is 11.7 Å². The van der Waals surface area contributed by atoms with Gasteiger partial charge in [-0.25, -0.2) is 0 Å². The zero-order valence-electron chi connectivity index (χ0n) is 12.3. The first-order chi connectivity index (χ1) is 10.1. The number of hydrogen-bond acceptors (Lipinski definition) is 2. The van der Waals surface area contributed by atoms with Gasteiger partial charge in [-0.05, 0) is 49.3 Å². The van der Waals surface area contributed by atoms with Crippen LogP contribution in [0.3, 0.4) is 0 Å². The molecule has 1 spiro atoms. The lowest BCUT2D eigenvalue weighted by atomic mass is 10.0. The largest absolute Gasteiger partial charge is 0.318 e. The Labute approximate surface area is 130 Å². The van der Waals surface area contributed by atoms with Crippen LogP contribution in [-0.2, 0) is 4.79 Å². The average molecular weight is 305 g/mol. The fraction of sp³-hybridized carbons (Fsp3) is 0.588. The lowest BCUT2D eigenvalue weighted by Gasteiger charge is -2.33. The maximum absolute atomic E-state index is 12.9. The van der Waals surface area contributed by atoms with Crippen molar-refractivity contribution in [3.63, 3.8) is 0 Å². The highest BCUT2D eigenvalue weighted by Gasteiger charge is 2.61. The summed E-state index contributed by atoms with van der Waals surface area (Å²) < 4.78 is 0. The minimum atomic E-state index is -0.257. The molecule has 1 aromatic carbocycles. The lowest BCUT2D eigenvalue weighted by molar-refractivity contribution is -0.133. The maximum atomic E-state index is 12.9. The van der Waals surface area contributed by atoms with Crippen molar-refractivity contribution in [2.24, 2.45) is 5.92 Å². The highest BCUT2D eigenvalue weighted by molar-refractivity contribution is 6.30. The van der Waals surface area contributed by atoms with Gasteiger partial charge in [-0.2, -0.15) is 0 Å². The molecule has 0 bridgehead atoms. The van der Waals surface area contributed by atoms with Crippen LogP contribution in [0, 0.1) is 5.92 Å². The fourth-order valence-corrected chi connectivity index (χ4v) is 4.14. The van der Waals surface area contributed by atoms with Crippen molar-refractivity contribution >= 4 is 17.5 Å². The first kappa shape index (κ1) is 13.6. The van der Waals surface area contributed by atoms with Crippen molar-refractivity contribution < 1.29 is 4.79 Å². The molecule has 2 saturated carbocycles. The summed E-state index contributed by atoms with van der Waals surface area (Å²) in [6.07, 6.45) is 5.57. The standard InChI is InChI=1S/C17H21ClN2O/c1-11-3-2-4-14(11)20-15(12-5-7-13(18)8-6-12)19-17(9-10-17)16(20)21/h5-8,11,14-15,19H,2-4,9-10H2,1H3. The van der Waals surface area contributed by atoms with Gasteiger partial charge in [0.2, 0.25) is 5.91 Å². The second kappa shape index (κ2) is 4.72. The summed E-state index contributed by atoms with van der Waals surface area (Å²) in [6.45, 7) is 2.28. The van der Waals surface area contributed by atoms with E-state index in [4.69, 9.17) is 11.6 Å². The minimum Gasteiger partial charge on any atom is -0.318 e. The third-order valence-electron chi connectivity index (χ3n) is 5.44. The Kier molecular flexibility index (Phi) is 3.05. The van der Waals surface area contributed by atoms with Crippen LogP contribution < -0.4 is 5.32 Å². The number of rotatable bonds is 2. The topological polar surface area (TPSA) is 32.3 Å². The van der Waals surface area contributed by atoms with Crippen LogP contribution in [0.2, 0.25) is 5.02 Å². The zero-order valence-corrected chi connectivity index (χ0v) is 13.1. The quantitative estimate of drug-likeness (QED) is 0.907. The van der Waals surface area contributed by atoms with Crippen molar-refractivity contribution in [1.82, 2.24) is 10.2 Å². The van der Waals surface area contributed by atoms with Gasteiger partial charge >= 0.3 is 0 Å². The van der Waals surface area contributed by atoms with Crippen LogP contribution >= 0.6 is 11.6 Å². The fourth-order valence-electron chi connectivity index (χ4n) is 4.01. The Morgan fingerprint density at radius 3 is 2.52 bits per heavy atom. The second-order valence-corrected chi connectivity index (χ2v) is 7.30. The second-order valence-electron chi connectivity index (χ2n) is 6.87. The number of hydrogen-bond donors (Lipinski definition) is 1. The van der Waals surface area contributed by atoms with E-state index in [1.807, 2.05) is 24.3 Å². The van der Waals surface area contributed by atoms with Gasteiger partial charge in [-0.15, -0.1) is 0 Å². The van der Waals surface area contributed by atoms with E-state index < -0.39 is 0 Å². The predicted molar refractivity (Wildman–Crippen MR) is 82.9 cm³/mol. The molecule has 1 amide bonds. The average Bonchev–Trinajstić information content (AvgIpc) is 3.06. The van der Waals surface area contributed by atoms with Crippen LogP contribution in [0.15, 0.2) is 24.3 Å². The van der Waals surface area contributed by atoms with Gasteiger partial charge in [-0.3, -0.25) is 10.1 Å². The molecule has 0 aromatic heterocycles. The van der Waals surface area contributed by atoms with Gasteiger partial charge in [-0.1, -0.05) is 37.1 Å². The summed E-state index contributed by atoms with van der Waals surface area (Å²) in [6, 6.07) is 8.29. The van der Waals surface area contributed by atoms with Gasteiger partial charge < -0.3 is 4.90 Å². The molecule has 0 radical (unpaired) electrons. The Morgan fingerprint density at radius 2 is 1.95 bits per heavy atom. The number of carbonyl (C=O) groups is 1. The van der Waals surface area contributed by atoms with E-state index in [0.29, 0.717) is 17.9 Å². The first-order valence-corrected chi connectivity index (χ1v) is 8.34. The monoisotopic (exact) mass is 304 g/mol. The van der Waals surface area contributed by atoms with Gasteiger partial charge in [0, 0.05) is 11.1 Å². The van der Waals surface area contributed by atoms with E-state index in [9.17, 15) is 4.79 Å². The molecule has 112 valence electrons. The van der Waals surface area contributed by atoms with Crippen molar-refractivity contribution in [2.45, 2.75) is 56.8 Å². The molecule has 3 nitrogen and oxygen atoms in total. The van der Waals surface area contributed by atoms with Crippen LogP contribution in [-0.4, -0.2) is 22.4 Å². The number of amides is 1. The Bertz CT molecular complexity index is 567. The van der Waals surface area contributed by atoms with Crippen LogP contribution in [0.1, 0.15) is 50.8 Å². The summed E-state index contributed by atoms with van der Waals surface area (Å²) in [5.41, 5.74) is 0.891. The van der Waals surface area contributed by atoms with E-state index >= 15 is 0 Å². The van der Waals surface area contributed by atoms with Crippen LogP contribution in [0.4, 0.5) is 0 Å². The molecular formula is C17H21ClN2O. The molecule has 3 aliphatic rings. The summed E-state index contributed by atoms with van der Waals surface area (Å²) in [7, 11) is 0. The SMILES string of the molecule is CC1CCCC1N1C(=O)C2(CC2)NC1c1ccc(Cl)cc1. The number of nitrogens with one attached hydrogen (secondary N) is 1. The first-order valence-electron chi connectivity index (χ1n) is 7.97. The highest BCUT2D eigenvalue weighted by Crippen LogP contribution is 2.49. The van der Waals surface area contributed by atoms with Crippen molar-refractivity contribution in [3.8, 4) is 0 Å². The minimum absolute atomic E-state index is 0.0165. The zero-order chi connectivity index (χ0) is 14.6. The number of benzene rings is 1. The van der Waals surface area contributed by atoms with E-state index in [2.05, 4.69) is 17.1 Å². The lowest BCUT2D eigenvalue weighted by Crippen LogP contribution is -2.41. The molecule has 21 heavy (non-hydrogen) atoms. The molecule has 2 aliphatic carbocycles. The van der Waals surface area contributed by atoms with Crippen molar-refractivity contribution in [3.05, 3.63) is 34.9 Å². The number of nitrogens with zero attached hydrogens (tertiary/aromatic N) is 1. The van der Waals surface area contributed by atoms with E-state index in [1.165, 1.54) is 12.8 Å². The molecule has 3 fully saturated rings. The summed E-state index contributed by atoms with van der Waals surface area (Å²) in [4.78, 5) is 15.1. The van der Waals surface area contributed by atoms with Gasteiger partial charge in [0.25, 0.3) is 0 Å². The third-order valence-corrected chi connectivity index (χ3v) is 5.70. The number of carbonyl (C=O) groups excluding carboxylic acids is 1. The summed E-state index contributed by atoms with van der Waals surface area (Å²) in [5, 5.41) is 4.35. The molecular weight excluding hydrogens is 284 g/mol. The van der Waals surface area contributed by atoms with E-state index in [1.54, 1.807) is 0 Å². The molecule has 1 aromatic rings. The van der Waals surface area contributed by atoms with Crippen molar-refractivity contribution in [1.29, 1.82) is 0 Å². The van der Waals surface area contributed by atoms with Gasteiger partial charge in [0.1, 0.15) is 11.7 Å². The normalized spacial score (nSPS) is 33.9. The number of halogens is 1. The van der Waals surface area contributed by atoms with Crippen LogP contribution in [0.5, 0.6) is 0 Å². The summed E-state index contributed by atoms with van der Waals surface area (Å²) >= 11 is 6.00. The molecule has 1 N–H and O–H groups in total. The Balaban J connectivity index is 1.70. The van der Waals surface area contributed by atoms with Crippen LogP contribution in [0.25, 0.3) is 0 Å². The van der Waals surface area contributed by atoms with Gasteiger partial charge in [0.05, 0.1) is 0 Å². The molecule has 1 aliphatic heterocycles. The molecule has 3 atom stereocenters. The molecule has 1 heterocycles. The summed E-state index contributed by atoms with van der Waals surface area (Å²) in [5.74, 6) is 0.917. The molecule has 3 unspecified atom stereocenters. The van der Waals surface area contributed by atoms with Gasteiger partial charge in [0.15, 0.2) is 0 Å². The van der Waals surface area contributed by atoms with E-state index in [0.717, 1.165) is 29.8 Å². The Hall–Kier alpha value is -1.06. The maximum Gasteiger partial charge on any atom is 0.244 e. The predicted octanol–water partition coefficient (Wildman–Crippen LogP) is 3.49.